The highest BCUT2D eigenvalue weighted by atomic mass is 35.5. The molecule has 1 saturated heterocycles. The van der Waals surface area contributed by atoms with Crippen LogP contribution in [-0.4, -0.2) is 95.9 Å². The second-order valence-electron chi connectivity index (χ2n) is 10.8. The molecular formula is C30H36ClN9O4S3. The van der Waals surface area contributed by atoms with Crippen LogP contribution in [0.3, 0.4) is 0 Å². The fraction of sp³-hybridized carbons (Fsp3) is 0.367. The number of ether oxygens (including phenoxy) is 1. The van der Waals surface area contributed by atoms with Crippen LogP contribution in [0.25, 0.3) is 0 Å². The number of hydrogen-bond acceptors (Lipinski definition) is 14. The lowest BCUT2D eigenvalue weighted by Gasteiger charge is -2.33. The molecule has 3 N–H and O–H groups in total. The van der Waals surface area contributed by atoms with Gasteiger partial charge in [0.05, 0.1) is 41.4 Å². The van der Waals surface area contributed by atoms with Gasteiger partial charge in [0.1, 0.15) is 10.8 Å². The first-order chi connectivity index (χ1) is 22.5. The lowest BCUT2D eigenvalue weighted by molar-refractivity contribution is -0.117. The molecule has 0 spiro atoms. The van der Waals surface area contributed by atoms with E-state index in [9.17, 15) is 13.2 Å². The fourth-order valence-electron chi connectivity index (χ4n) is 4.70. The van der Waals surface area contributed by atoms with Gasteiger partial charge in [0, 0.05) is 31.1 Å². The van der Waals surface area contributed by atoms with Crippen molar-refractivity contribution in [1.29, 1.82) is 0 Å². The number of halogens is 1. The van der Waals surface area contributed by atoms with E-state index in [-0.39, 0.29) is 27.6 Å². The Hall–Kier alpha value is -3.54. The van der Waals surface area contributed by atoms with Crippen LogP contribution in [-0.2, 0) is 14.6 Å². The number of anilines is 5. The highest BCUT2D eigenvalue weighted by Crippen LogP contribution is 2.37. The zero-order valence-corrected chi connectivity index (χ0v) is 29.6. The maximum Gasteiger partial charge on any atom is 0.240 e. The number of nitrogens with one attached hydrogen (secondary N) is 3. The van der Waals surface area contributed by atoms with E-state index >= 15 is 0 Å². The van der Waals surface area contributed by atoms with E-state index in [0.29, 0.717) is 33.1 Å². The Morgan fingerprint density at radius 3 is 2.53 bits per heavy atom. The van der Waals surface area contributed by atoms with E-state index < -0.39 is 15.1 Å². The fourth-order valence-corrected chi connectivity index (χ4v) is 7.81. The zero-order valence-electron chi connectivity index (χ0n) is 26.4. The van der Waals surface area contributed by atoms with Crippen LogP contribution in [0.5, 0.6) is 5.75 Å². The van der Waals surface area contributed by atoms with Crippen molar-refractivity contribution in [3.8, 4) is 5.75 Å². The number of nitrogens with zero attached hydrogens (tertiary/aromatic N) is 6. The number of carbonyl (C=O) groups excluding carboxylic acids is 1. The van der Waals surface area contributed by atoms with Gasteiger partial charge in [0.2, 0.25) is 17.0 Å². The summed E-state index contributed by atoms with van der Waals surface area (Å²) in [6, 6.07) is 12.1. The van der Waals surface area contributed by atoms with E-state index in [0.717, 1.165) is 37.6 Å². The molecule has 1 amide bonds. The van der Waals surface area contributed by atoms with Gasteiger partial charge < -0.3 is 20.3 Å². The SMILES string of the molecule is CCN1CCN(CC(=O)Nc2nnc(Sc3ccc(Nc4ncc(Cl)c(Nc5ccccc5S(=O)(=O)C(C)C)n4)c(OC)c3)s2)CC1. The van der Waals surface area contributed by atoms with Crippen LogP contribution in [0.15, 0.2) is 62.8 Å². The number of rotatable bonds is 13. The molecule has 5 rings (SSSR count). The Morgan fingerprint density at radius 2 is 1.81 bits per heavy atom. The van der Waals surface area contributed by atoms with Crippen molar-refractivity contribution in [1.82, 2.24) is 30.0 Å². The van der Waals surface area contributed by atoms with Crippen molar-refractivity contribution >= 4 is 78.7 Å². The maximum atomic E-state index is 12.9. The number of likely N-dealkylation sites (N-methyl/N-ethyl adjacent to an activating group) is 1. The van der Waals surface area contributed by atoms with Crippen LogP contribution in [0.2, 0.25) is 5.02 Å². The average Bonchev–Trinajstić information content (AvgIpc) is 3.49. The molecule has 0 bridgehead atoms. The first-order valence-electron chi connectivity index (χ1n) is 14.9. The number of sulfone groups is 1. The number of methoxy groups -OCH3 is 1. The summed E-state index contributed by atoms with van der Waals surface area (Å²) >= 11 is 9.08. The molecule has 0 unspecified atom stereocenters. The first kappa shape index (κ1) is 34.8. The molecule has 2 aromatic carbocycles. The predicted molar refractivity (Wildman–Crippen MR) is 187 cm³/mol. The highest BCUT2D eigenvalue weighted by Gasteiger charge is 2.23. The Labute approximate surface area is 287 Å². The van der Waals surface area contributed by atoms with Crippen molar-refractivity contribution < 1.29 is 17.9 Å². The Kier molecular flexibility index (Phi) is 11.5. The Bertz CT molecular complexity index is 1820. The zero-order chi connectivity index (χ0) is 33.6. The second kappa shape index (κ2) is 15.6. The van der Waals surface area contributed by atoms with Gasteiger partial charge in [0.25, 0.3) is 0 Å². The van der Waals surface area contributed by atoms with Crippen molar-refractivity contribution in [2.45, 2.75) is 40.2 Å². The summed E-state index contributed by atoms with van der Waals surface area (Å²) in [5.74, 6) is 0.876. The Morgan fingerprint density at radius 1 is 1.06 bits per heavy atom. The molecule has 4 aromatic rings. The van der Waals surface area contributed by atoms with Gasteiger partial charge in [-0.15, -0.1) is 10.2 Å². The summed E-state index contributed by atoms with van der Waals surface area (Å²) in [6.45, 7) is 10.4. The van der Waals surface area contributed by atoms with Crippen LogP contribution in [0, 0.1) is 0 Å². The van der Waals surface area contributed by atoms with Crippen molar-refractivity contribution in [3.63, 3.8) is 0 Å². The molecule has 1 aliphatic heterocycles. The summed E-state index contributed by atoms with van der Waals surface area (Å²) < 4.78 is 32.1. The van der Waals surface area contributed by atoms with E-state index in [1.54, 1.807) is 45.2 Å². The minimum atomic E-state index is -3.56. The summed E-state index contributed by atoms with van der Waals surface area (Å²) in [6.07, 6.45) is 1.42. The average molecular weight is 718 g/mol. The van der Waals surface area contributed by atoms with Gasteiger partial charge >= 0.3 is 0 Å². The van der Waals surface area contributed by atoms with Gasteiger partial charge in [-0.2, -0.15) is 4.98 Å². The first-order valence-corrected chi connectivity index (χ1v) is 18.4. The van der Waals surface area contributed by atoms with E-state index in [1.165, 1.54) is 29.3 Å². The molecule has 0 saturated carbocycles. The lowest BCUT2D eigenvalue weighted by Crippen LogP contribution is -2.48. The van der Waals surface area contributed by atoms with Crippen LogP contribution < -0.4 is 20.7 Å². The molecule has 0 atom stereocenters. The summed E-state index contributed by atoms with van der Waals surface area (Å²) in [5, 5.41) is 17.5. The molecule has 1 fully saturated rings. The van der Waals surface area contributed by atoms with Gasteiger partial charge in [-0.3, -0.25) is 15.0 Å². The predicted octanol–water partition coefficient (Wildman–Crippen LogP) is 5.39. The number of piperazine rings is 1. The molecule has 0 aliphatic carbocycles. The Balaban J connectivity index is 1.23. The molecular weight excluding hydrogens is 682 g/mol. The van der Waals surface area contributed by atoms with Crippen LogP contribution >= 0.6 is 34.7 Å². The standard InChI is InChI=1S/C30H36ClN9O4S3/c1-5-39-12-14-40(15-13-39)18-26(41)35-29-37-38-30(46-29)45-20-10-11-22(24(16-20)44-4)34-28-32-17-21(31)27(36-28)33-23-8-6-7-9-25(23)47(42,43)19(2)3/h6-11,16-17,19H,5,12-15,18H2,1-4H3,(H,35,37,41)(H2,32,33,34,36). The van der Waals surface area contributed by atoms with Crippen molar-refractivity contribution in [3.05, 3.63) is 53.7 Å². The largest absolute Gasteiger partial charge is 0.495 e. The normalized spacial score (nSPS) is 14.3. The van der Waals surface area contributed by atoms with Gasteiger partial charge in [-0.1, -0.05) is 53.8 Å². The lowest BCUT2D eigenvalue weighted by atomic mass is 10.3. The highest BCUT2D eigenvalue weighted by molar-refractivity contribution is 8.01. The third kappa shape index (κ3) is 8.88. The number of amides is 1. The molecule has 3 heterocycles. The number of carbonyl (C=O) groups is 1. The number of hydrogen-bond donors (Lipinski definition) is 3. The third-order valence-corrected chi connectivity index (χ3v) is 11.7. The summed E-state index contributed by atoms with van der Waals surface area (Å²) in [4.78, 5) is 26.9. The minimum Gasteiger partial charge on any atom is -0.495 e. The quantitative estimate of drug-likeness (QED) is 0.152. The van der Waals surface area contributed by atoms with Crippen LogP contribution in [0.4, 0.5) is 28.3 Å². The monoisotopic (exact) mass is 717 g/mol. The maximum absolute atomic E-state index is 12.9. The summed E-state index contributed by atoms with van der Waals surface area (Å²) in [7, 11) is -2.01. The molecule has 250 valence electrons. The van der Waals surface area contributed by atoms with E-state index in [4.69, 9.17) is 16.3 Å². The second-order valence-corrected chi connectivity index (χ2v) is 16.0. The molecule has 47 heavy (non-hydrogen) atoms. The van der Waals surface area contributed by atoms with Gasteiger partial charge in [-0.25, -0.2) is 13.4 Å². The smallest absolute Gasteiger partial charge is 0.240 e. The molecule has 17 heteroatoms. The topological polar surface area (TPSA) is 155 Å². The third-order valence-electron chi connectivity index (χ3n) is 7.37. The van der Waals surface area contributed by atoms with E-state index in [2.05, 4.69) is 52.8 Å². The van der Waals surface area contributed by atoms with Crippen LogP contribution in [0.1, 0.15) is 20.8 Å². The molecule has 1 aliphatic rings. The summed E-state index contributed by atoms with van der Waals surface area (Å²) in [5.41, 5.74) is 0.953. The number of para-hydroxylation sites is 1. The molecule has 2 aromatic heterocycles. The minimum absolute atomic E-state index is 0.104. The van der Waals surface area contributed by atoms with E-state index in [1.807, 2.05) is 18.2 Å². The molecule has 0 radical (unpaired) electrons. The van der Waals surface area contributed by atoms with Gasteiger partial charge in [-0.05, 0) is 50.7 Å². The van der Waals surface area contributed by atoms with Crippen molar-refractivity contribution in [2.24, 2.45) is 0 Å². The number of benzene rings is 2. The number of aromatic nitrogens is 4. The van der Waals surface area contributed by atoms with Crippen molar-refractivity contribution in [2.75, 3.05) is 62.3 Å². The van der Waals surface area contributed by atoms with Gasteiger partial charge in [0.15, 0.2) is 20.0 Å². The molecule has 13 nitrogen and oxygen atoms in total.